The minimum Gasteiger partial charge on any atom is -0.357 e. The lowest BCUT2D eigenvalue weighted by atomic mass is 10.4. The molecule has 0 saturated heterocycles. The fourth-order valence-electron chi connectivity index (χ4n) is 1.30. The molecule has 0 aliphatic rings. The Morgan fingerprint density at radius 1 is 1.50 bits per heavy atom. The maximum atomic E-state index is 11.7. The molecule has 0 aliphatic carbocycles. The average Bonchev–Trinajstić information content (AvgIpc) is 2.43. The van der Waals surface area contributed by atoms with E-state index in [4.69, 9.17) is 0 Å². The molecular weight excluding hydrogens is 369 g/mol. The van der Waals surface area contributed by atoms with Crippen LogP contribution in [0.4, 0.5) is 5.69 Å². The molecule has 0 bridgehead atoms. The van der Waals surface area contributed by atoms with Crippen molar-refractivity contribution >= 4 is 41.5 Å². The second-order valence-corrected chi connectivity index (χ2v) is 3.65. The van der Waals surface area contributed by atoms with Gasteiger partial charge in [-0.3, -0.25) is 9.78 Å². The van der Waals surface area contributed by atoms with Gasteiger partial charge in [0, 0.05) is 19.3 Å². The number of hydrogen-bond acceptors (Lipinski definition) is 3. The van der Waals surface area contributed by atoms with Gasteiger partial charge in [-0.05, 0) is 19.1 Å². The van der Waals surface area contributed by atoms with Crippen LogP contribution in [0.15, 0.2) is 42.2 Å². The van der Waals surface area contributed by atoms with Crippen LogP contribution < -0.4 is 16.0 Å². The Labute approximate surface area is 136 Å². The molecule has 0 unspecified atom stereocenters. The van der Waals surface area contributed by atoms with Gasteiger partial charge in [-0.25, -0.2) is 4.99 Å². The molecule has 1 aromatic heterocycles. The standard InChI is InChI=1S/C13H19N5O.HI/c1-3-7-16-13(15-4-2)17-10-12(19)18-11-6-5-8-14-9-11;/h3,5-6,8-9H,1,4,7,10H2,2H3,(H,18,19)(H2,15,16,17);1H. The molecule has 0 radical (unpaired) electrons. The molecule has 1 aromatic rings. The van der Waals surface area contributed by atoms with E-state index in [0.717, 1.165) is 6.54 Å². The van der Waals surface area contributed by atoms with Crippen LogP contribution in [0, 0.1) is 0 Å². The van der Waals surface area contributed by atoms with Crippen LogP contribution in [0.1, 0.15) is 6.92 Å². The Bertz CT molecular complexity index is 436. The van der Waals surface area contributed by atoms with Crippen molar-refractivity contribution in [3.05, 3.63) is 37.2 Å². The number of nitrogens with zero attached hydrogens (tertiary/aromatic N) is 2. The molecule has 20 heavy (non-hydrogen) atoms. The highest BCUT2D eigenvalue weighted by Crippen LogP contribution is 2.01. The van der Waals surface area contributed by atoms with Gasteiger partial charge >= 0.3 is 0 Å². The predicted molar refractivity (Wildman–Crippen MR) is 92.5 cm³/mol. The quantitative estimate of drug-likeness (QED) is 0.297. The van der Waals surface area contributed by atoms with Gasteiger partial charge in [-0.2, -0.15) is 0 Å². The highest BCUT2D eigenvalue weighted by molar-refractivity contribution is 14.0. The van der Waals surface area contributed by atoms with Gasteiger partial charge in [-0.1, -0.05) is 6.08 Å². The molecule has 110 valence electrons. The maximum Gasteiger partial charge on any atom is 0.246 e. The summed E-state index contributed by atoms with van der Waals surface area (Å²) < 4.78 is 0. The van der Waals surface area contributed by atoms with E-state index in [0.29, 0.717) is 18.2 Å². The summed E-state index contributed by atoms with van der Waals surface area (Å²) in [6.07, 6.45) is 4.96. The Morgan fingerprint density at radius 3 is 2.90 bits per heavy atom. The number of amides is 1. The summed E-state index contributed by atoms with van der Waals surface area (Å²) in [7, 11) is 0. The van der Waals surface area contributed by atoms with E-state index in [1.54, 1.807) is 30.6 Å². The molecule has 0 aliphatic heterocycles. The van der Waals surface area contributed by atoms with Crippen LogP contribution in [0.5, 0.6) is 0 Å². The first-order chi connectivity index (χ1) is 9.26. The number of guanidine groups is 1. The predicted octanol–water partition coefficient (Wildman–Crippen LogP) is 1.38. The van der Waals surface area contributed by atoms with E-state index >= 15 is 0 Å². The van der Waals surface area contributed by atoms with E-state index < -0.39 is 0 Å². The number of hydrogen-bond donors (Lipinski definition) is 3. The number of carbonyl (C=O) groups is 1. The molecule has 0 fully saturated rings. The van der Waals surface area contributed by atoms with E-state index in [2.05, 4.69) is 32.5 Å². The number of aromatic nitrogens is 1. The van der Waals surface area contributed by atoms with Crippen molar-refractivity contribution < 1.29 is 4.79 Å². The molecule has 1 heterocycles. The SMILES string of the molecule is C=CCNC(=NCC(=O)Nc1cccnc1)NCC.I. The van der Waals surface area contributed by atoms with Gasteiger partial charge in [0.2, 0.25) is 5.91 Å². The van der Waals surface area contributed by atoms with Crippen LogP contribution in [0.25, 0.3) is 0 Å². The zero-order chi connectivity index (χ0) is 13.9. The topological polar surface area (TPSA) is 78.4 Å². The third-order valence-electron chi connectivity index (χ3n) is 2.08. The number of nitrogens with one attached hydrogen (secondary N) is 3. The molecule has 0 aromatic carbocycles. The minimum atomic E-state index is -0.191. The summed E-state index contributed by atoms with van der Waals surface area (Å²) in [5.41, 5.74) is 0.659. The van der Waals surface area contributed by atoms with Crippen molar-refractivity contribution in [3.63, 3.8) is 0 Å². The lowest BCUT2D eigenvalue weighted by Crippen LogP contribution is -2.38. The molecule has 0 saturated carbocycles. The first-order valence-corrected chi connectivity index (χ1v) is 6.09. The van der Waals surface area contributed by atoms with Crippen molar-refractivity contribution in [2.75, 3.05) is 25.0 Å². The van der Waals surface area contributed by atoms with Gasteiger partial charge in [0.1, 0.15) is 6.54 Å². The number of carbonyl (C=O) groups excluding carboxylic acids is 1. The van der Waals surface area contributed by atoms with Crippen molar-refractivity contribution in [2.45, 2.75) is 6.92 Å². The lowest BCUT2D eigenvalue weighted by Gasteiger charge is -2.09. The Balaban J connectivity index is 0.00000361. The van der Waals surface area contributed by atoms with Gasteiger partial charge < -0.3 is 16.0 Å². The van der Waals surface area contributed by atoms with Gasteiger partial charge in [0.25, 0.3) is 0 Å². The molecule has 1 amide bonds. The number of aliphatic imine (C=N–C) groups is 1. The summed E-state index contributed by atoms with van der Waals surface area (Å²) in [6.45, 7) is 6.94. The monoisotopic (exact) mass is 389 g/mol. The first-order valence-electron chi connectivity index (χ1n) is 6.09. The number of pyridine rings is 1. The third kappa shape index (κ3) is 7.72. The Morgan fingerprint density at radius 2 is 2.30 bits per heavy atom. The second-order valence-electron chi connectivity index (χ2n) is 3.65. The summed E-state index contributed by atoms with van der Waals surface area (Å²) in [4.78, 5) is 19.8. The van der Waals surface area contributed by atoms with Crippen molar-refractivity contribution in [2.24, 2.45) is 4.99 Å². The molecular formula is C13H20IN5O. The van der Waals surface area contributed by atoms with Crippen LogP contribution in [0.2, 0.25) is 0 Å². The highest BCUT2D eigenvalue weighted by atomic mass is 127. The molecule has 3 N–H and O–H groups in total. The summed E-state index contributed by atoms with van der Waals surface area (Å²) in [5.74, 6) is 0.396. The van der Waals surface area contributed by atoms with Gasteiger partial charge in [0.15, 0.2) is 5.96 Å². The molecule has 7 heteroatoms. The van der Waals surface area contributed by atoms with Crippen molar-refractivity contribution in [1.82, 2.24) is 15.6 Å². The van der Waals surface area contributed by atoms with Gasteiger partial charge in [0.05, 0.1) is 11.9 Å². The second kappa shape index (κ2) is 11.2. The van der Waals surface area contributed by atoms with E-state index in [9.17, 15) is 4.79 Å². The largest absolute Gasteiger partial charge is 0.357 e. The van der Waals surface area contributed by atoms with Gasteiger partial charge in [-0.15, -0.1) is 30.6 Å². The smallest absolute Gasteiger partial charge is 0.246 e. The molecule has 6 nitrogen and oxygen atoms in total. The van der Waals surface area contributed by atoms with Crippen LogP contribution in [0.3, 0.4) is 0 Å². The zero-order valence-electron chi connectivity index (χ0n) is 11.4. The third-order valence-corrected chi connectivity index (χ3v) is 2.08. The van der Waals surface area contributed by atoms with Crippen molar-refractivity contribution in [3.8, 4) is 0 Å². The maximum absolute atomic E-state index is 11.7. The first kappa shape index (κ1) is 18.4. The number of rotatable bonds is 6. The lowest BCUT2D eigenvalue weighted by molar-refractivity contribution is -0.114. The number of halogens is 1. The van der Waals surface area contributed by atoms with Crippen molar-refractivity contribution in [1.29, 1.82) is 0 Å². The fourth-order valence-corrected chi connectivity index (χ4v) is 1.30. The van der Waals surface area contributed by atoms with E-state index in [1.807, 2.05) is 6.92 Å². The highest BCUT2D eigenvalue weighted by Gasteiger charge is 2.02. The zero-order valence-corrected chi connectivity index (χ0v) is 13.8. The fraction of sp³-hybridized carbons (Fsp3) is 0.308. The summed E-state index contributed by atoms with van der Waals surface area (Å²) in [5, 5.41) is 8.76. The van der Waals surface area contributed by atoms with Crippen LogP contribution >= 0.6 is 24.0 Å². The molecule has 0 spiro atoms. The minimum absolute atomic E-state index is 0. The summed E-state index contributed by atoms with van der Waals surface area (Å²) in [6, 6.07) is 3.53. The molecule has 0 atom stereocenters. The average molecular weight is 389 g/mol. The Hall–Kier alpha value is -1.64. The summed E-state index contributed by atoms with van der Waals surface area (Å²) >= 11 is 0. The van der Waals surface area contributed by atoms with Crippen LogP contribution in [-0.4, -0.2) is 36.5 Å². The Kier molecular flexibility index (Phi) is 10.3. The molecule has 1 rings (SSSR count). The number of anilines is 1. The van der Waals surface area contributed by atoms with E-state index in [-0.39, 0.29) is 36.4 Å². The van der Waals surface area contributed by atoms with Crippen LogP contribution in [-0.2, 0) is 4.79 Å². The van der Waals surface area contributed by atoms with E-state index in [1.165, 1.54) is 0 Å². The normalized spacial score (nSPS) is 10.2.